The summed E-state index contributed by atoms with van der Waals surface area (Å²) in [6.07, 6.45) is 0.905. The molecule has 1 aliphatic rings. The first-order chi connectivity index (χ1) is 8.61. The molecule has 3 N–H and O–H groups in total. The van der Waals surface area contributed by atoms with Crippen LogP contribution in [0.4, 0.5) is 0 Å². The molecule has 0 saturated heterocycles. The van der Waals surface area contributed by atoms with Gasteiger partial charge in [0.05, 0.1) is 19.8 Å². The Kier molecular flexibility index (Phi) is 4.37. The van der Waals surface area contributed by atoms with Crippen LogP contribution in [0.15, 0.2) is 23.1 Å². The Bertz CT molecular complexity index is 409. The Morgan fingerprint density at radius 3 is 2.78 bits per heavy atom. The van der Waals surface area contributed by atoms with Crippen LogP contribution in [0.3, 0.4) is 0 Å². The van der Waals surface area contributed by atoms with E-state index in [9.17, 15) is 0 Å². The lowest BCUT2D eigenvalue weighted by Crippen LogP contribution is -2.42. The second-order valence-corrected chi connectivity index (χ2v) is 5.81. The predicted octanol–water partition coefficient (Wildman–Crippen LogP) is 1.65. The van der Waals surface area contributed by atoms with Gasteiger partial charge in [0.1, 0.15) is 0 Å². The van der Waals surface area contributed by atoms with Crippen LogP contribution >= 0.6 is 11.8 Å². The molecule has 0 bridgehead atoms. The van der Waals surface area contributed by atoms with Gasteiger partial charge in [-0.25, -0.2) is 0 Å². The number of hydrogen-bond acceptors (Lipinski definition) is 5. The van der Waals surface area contributed by atoms with Gasteiger partial charge in [0.2, 0.25) is 0 Å². The normalized spacial score (nSPS) is 17.9. The van der Waals surface area contributed by atoms with Gasteiger partial charge in [-0.05, 0) is 25.1 Å². The van der Waals surface area contributed by atoms with E-state index in [4.69, 9.17) is 20.3 Å². The van der Waals surface area contributed by atoms with Crippen molar-refractivity contribution in [3.05, 3.63) is 18.2 Å². The Morgan fingerprint density at radius 1 is 1.33 bits per heavy atom. The van der Waals surface area contributed by atoms with Crippen molar-refractivity contribution in [3.63, 3.8) is 0 Å². The fourth-order valence-corrected chi connectivity index (χ4v) is 2.47. The maximum atomic E-state index is 9.12. The molecule has 1 heterocycles. The topological polar surface area (TPSA) is 64.7 Å². The Hall–Kier alpha value is -0.910. The van der Waals surface area contributed by atoms with Gasteiger partial charge in [-0.2, -0.15) is 0 Å². The lowest BCUT2D eigenvalue weighted by Gasteiger charge is -2.21. The monoisotopic (exact) mass is 269 g/mol. The van der Waals surface area contributed by atoms with E-state index in [-0.39, 0.29) is 6.61 Å². The second kappa shape index (κ2) is 5.82. The third kappa shape index (κ3) is 3.54. The number of aliphatic hydroxyl groups excluding tert-OH is 1. The van der Waals surface area contributed by atoms with Crippen LogP contribution < -0.4 is 15.2 Å². The molecule has 0 aliphatic carbocycles. The van der Waals surface area contributed by atoms with Crippen molar-refractivity contribution < 1.29 is 14.6 Å². The van der Waals surface area contributed by atoms with E-state index in [1.165, 1.54) is 0 Å². The van der Waals surface area contributed by atoms with Crippen molar-refractivity contribution in [1.82, 2.24) is 0 Å². The molecule has 2 rings (SSSR count). The molecule has 1 aromatic carbocycles. The van der Waals surface area contributed by atoms with Crippen LogP contribution in [0.2, 0.25) is 0 Å². The van der Waals surface area contributed by atoms with E-state index < -0.39 is 5.54 Å². The molecule has 1 aromatic rings. The predicted molar refractivity (Wildman–Crippen MR) is 72.5 cm³/mol. The lowest BCUT2D eigenvalue weighted by atomic mass is 10.1. The van der Waals surface area contributed by atoms with E-state index in [1.54, 1.807) is 11.8 Å². The quantitative estimate of drug-likeness (QED) is 0.814. The van der Waals surface area contributed by atoms with Gasteiger partial charge < -0.3 is 20.3 Å². The summed E-state index contributed by atoms with van der Waals surface area (Å²) in [6.45, 7) is 3.20. The van der Waals surface area contributed by atoms with Gasteiger partial charge in [0.15, 0.2) is 11.5 Å². The number of aliphatic hydroxyl groups is 1. The highest BCUT2D eigenvalue weighted by Crippen LogP contribution is 2.34. The maximum Gasteiger partial charge on any atom is 0.162 e. The van der Waals surface area contributed by atoms with Crippen molar-refractivity contribution in [2.75, 3.05) is 25.6 Å². The maximum absolute atomic E-state index is 9.12. The molecule has 18 heavy (non-hydrogen) atoms. The zero-order chi connectivity index (χ0) is 13.0. The molecule has 0 spiro atoms. The SMILES string of the molecule is CC(N)(CO)CSc1ccc2c(c1)OCCCO2. The van der Waals surface area contributed by atoms with E-state index in [2.05, 4.69) is 0 Å². The smallest absolute Gasteiger partial charge is 0.162 e. The van der Waals surface area contributed by atoms with Crippen LogP contribution in [0, 0.1) is 0 Å². The van der Waals surface area contributed by atoms with Crippen molar-refractivity contribution in [2.45, 2.75) is 23.8 Å². The third-order valence-corrected chi connectivity index (χ3v) is 4.04. The largest absolute Gasteiger partial charge is 0.490 e. The second-order valence-electron chi connectivity index (χ2n) is 4.76. The fourth-order valence-electron chi connectivity index (χ4n) is 1.53. The van der Waals surface area contributed by atoms with Gasteiger partial charge in [-0.3, -0.25) is 0 Å². The number of nitrogens with two attached hydrogens (primary N) is 1. The molecular formula is C13H19NO3S. The summed E-state index contributed by atoms with van der Waals surface area (Å²) in [4.78, 5) is 1.07. The Labute approximate surface area is 111 Å². The number of rotatable bonds is 4. The molecule has 5 heteroatoms. The molecule has 1 unspecified atom stereocenters. The van der Waals surface area contributed by atoms with E-state index in [0.717, 1.165) is 22.8 Å². The van der Waals surface area contributed by atoms with Crippen LogP contribution in [0.25, 0.3) is 0 Å². The summed E-state index contributed by atoms with van der Waals surface area (Å²) >= 11 is 1.61. The Morgan fingerprint density at radius 2 is 2.06 bits per heavy atom. The molecule has 0 saturated carbocycles. The molecule has 1 aliphatic heterocycles. The van der Waals surface area contributed by atoms with Gasteiger partial charge in [0.25, 0.3) is 0 Å². The fraction of sp³-hybridized carbons (Fsp3) is 0.538. The summed E-state index contributed by atoms with van der Waals surface area (Å²) in [7, 11) is 0. The molecule has 4 nitrogen and oxygen atoms in total. The minimum absolute atomic E-state index is 0.0233. The van der Waals surface area contributed by atoms with E-state index in [1.807, 2.05) is 25.1 Å². The first-order valence-electron chi connectivity index (χ1n) is 6.03. The molecule has 0 fully saturated rings. The Balaban J connectivity index is 2.04. The third-order valence-electron chi connectivity index (χ3n) is 2.65. The van der Waals surface area contributed by atoms with E-state index >= 15 is 0 Å². The molecule has 0 aromatic heterocycles. The molecular weight excluding hydrogens is 250 g/mol. The van der Waals surface area contributed by atoms with Gasteiger partial charge in [0, 0.05) is 22.6 Å². The first-order valence-corrected chi connectivity index (χ1v) is 7.01. The average Bonchev–Trinajstić information content (AvgIpc) is 2.61. The molecule has 0 amide bonds. The number of benzene rings is 1. The van der Waals surface area contributed by atoms with Crippen molar-refractivity contribution >= 4 is 11.8 Å². The standard InChI is InChI=1S/C13H19NO3S/c1-13(14,8-15)9-18-10-3-4-11-12(7-10)17-6-2-5-16-11/h3-4,7,15H,2,5-6,8-9,14H2,1H3. The van der Waals surface area contributed by atoms with Gasteiger partial charge >= 0.3 is 0 Å². The highest BCUT2D eigenvalue weighted by atomic mass is 32.2. The first kappa shape index (κ1) is 13.5. The number of hydrogen-bond donors (Lipinski definition) is 2. The minimum Gasteiger partial charge on any atom is -0.490 e. The zero-order valence-corrected chi connectivity index (χ0v) is 11.3. The van der Waals surface area contributed by atoms with Crippen LogP contribution in [0.1, 0.15) is 13.3 Å². The highest BCUT2D eigenvalue weighted by molar-refractivity contribution is 7.99. The number of thioether (sulfide) groups is 1. The van der Waals surface area contributed by atoms with Crippen LogP contribution in [0.5, 0.6) is 11.5 Å². The van der Waals surface area contributed by atoms with Crippen LogP contribution in [-0.4, -0.2) is 36.2 Å². The van der Waals surface area contributed by atoms with Crippen molar-refractivity contribution in [1.29, 1.82) is 0 Å². The summed E-state index contributed by atoms with van der Waals surface area (Å²) in [5, 5.41) is 9.12. The summed E-state index contributed by atoms with van der Waals surface area (Å²) in [5.41, 5.74) is 5.34. The highest BCUT2D eigenvalue weighted by Gasteiger charge is 2.18. The summed E-state index contributed by atoms with van der Waals surface area (Å²) in [6, 6.07) is 5.89. The van der Waals surface area contributed by atoms with Crippen molar-refractivity contribution in [3.8, 4) is 11.5 Å². The zero-order valence-electron chi connectivity index (χ0n) is 10.5. The summed E-state index contributed by atoms with van der Waals surface area (Å²) < 4.78 is 11.2. The molecule has 0 radical (unpaired) electrons. The minimum atomic E-state index is -0.561. The summed E-state index contributed by atoms with van der Waals surface area (Å²) in [5.74, 6) is 2.25. The van der Waals surface area contributed by atoms with Gasteiger partial charge in [-0.15, -0.1) is 11.8 Å². The molecule has 100 valence electrons. The van der Waals surface area contributed by atoms with Crippen LogP contribution in [-0.2, 0) is 0 Å². The number of ether oxygens (including phenoxy) is 2. The van der Waals surface area contributed by atoms with E-state index in [0.29, 0.717) is 19.0 Å². The number of fused-ring (bicyclic) bond motifs is 1. The molecule has 1 atom stereocenters. The van der Waals surface area contributed by atoms with Gasteiger partial charge in [-0.1, -0.05) is 0 Å². The van der Waals surface area contributed by atoms with Crippen molar-refractivity contribution in [2.24, 2.45) is 5.73 Å². The average molecular weight is 269 g/mol. The lowest BCUT2D eigenvalue weighted by molar-refractivity contribution is 0.224.